The van der Waals surface area contributed by atoms with Gasteiger partial charge >= 0.3 is 5.97 Å². The highest BCUT2D eigenvalue weighted by Gasteiger charge is 2.20. The van der Waals surface area contributed by atoms with Gasteiger partial charge in [-0.2, -0.15) is 4.99 Å². The van der Waals surface area contributed by atoms with Gasteiger partial charge in [0.1, 0.15) is 0 Å². The van der Waals surface area contributed by atoms with Crippen LogP contribution in [-0.2, 0) is 14.3 Å². The van der Waals surface area contributed by atoms with Gasteiger partial charge in [0.05, 0.1) is 7.11 Å². The second-order valence-electron chi connectivity index (χ2n) is 3.47. The van der Waals surface area contributed by atoms with Crippen LogP contribution in [0.1, 0.15) is 26.2 Å². The van der Waals surface area contributed by atoms with Crippen molar-refractivity contribution in [1.82, 2.24) is 0 Å². The predicted molar refractivity (Wildman–Crippen MR) is 57.1 cm³/mol. The van der Waals surface area contributed by atoms with Gasteiger partial charge in [-0.3, -0.25) is 0 Å². The number of allylic oxidation sites excluding steroid dienone is 1. The van der Waals surface area contributed by atoms with Gasteiger partial charge in [0.25, 0.3) is 0 Å². The van der Waals surface area contributed by atoms with Gasteiger partial charge in [-0.05, 0) is 25.2 Å². The third-order valence-electron chi connectivity index (χ3n) is 2.17. The first-order valence-corrected chi connectivity index (χ1v) is 4.91. The maximum atomic E-state index is 11.2. The summed E-state index contributed by atoms with van der Waals surface area (Å²) in [7, 11) is 1.28. The molecule has 0 fully saturated rings. The molecule has 84 valence electrons. The number of carbonyl (C=O) groups excluding carboxylic acids is 2. The van der Waals surface area contributed by atoms with E-state index in [0.29, 0.717) is 12.3 Å². The Morgan fingerprint density at radius 3 is 2.80 bits per heavy atom. The van der Waals surface area contributed by atoms with Crippen LogP contribution in [0.2, 0.25) is 0 Å². The van der Waals surface area contributed by atoms with Crippen LogP contribution in [-0.4, -0.2) is 25.2 Å². The molecule has 4 nitrogen and oxygen atoms in total. The summed E-state index contributed by atoms with van der Waals surface area (Å²) in [6.07, 6.45) is 5.54. The number of carbonyl (C=O) groups is 1. The van der Waals surface area contributed by atoms with Crippen LogP contribution in [0.5, 0.6) is 0 Å². The average Bonchev–Trinajstić information content (AvgIpc) is 2.24. The molecule has 0 aromatic heterocycles. The first kappa shape index (κ1) is 13.6. The summed E-state index contributed by atoms with van der Waals surface area (Å²) in [5.41, 5.74) is 0. The molecule has 0 radical (unpaired) electrons. The second-order valence-corrected chi connectivity index (χ2v) is 3.47. The summed E-state index contributed by atoms with van der Waals surface area (Å²) < 4.78 is 4.54. The monoisotopic (exact) mass is 211 g/mol. The number of nitrogens with zero attached hydrogens (tertiary/aromatic N) is 1. The number of ether oxygens (including phenoxy) is 1. The number of hydrogen-bond donors (Lipinski definition) is 0. The van der Waals surface area contributed by atoms with Gasteiger partial charge in [0.2, 0.25) is 6.08 Å². The highest BCUT2D eigenvalue weighted by Crippen LogP contribution is 2.15. The fraction of sp³-hybridized carbons (Fsp3) is 0.636. The molecular weight excluding hydrogens is 194 g/mol. The summed E-state index contributed by atoms with van der Waals surface area (Å²) in [5.74, 6) is -0.187. The zero-order chi connectivity index (χ0) is 11.7. The van der Waals surface area contributed by atoms with E-state index in [1.54, 1.807) is 0 Å². The lowest BCUT2D eigenvalue weighted by Crippen LogP contribution is -2.22. The molecular formula is C11H17NO3. The zero-order valence-corrected chi connectivity index (χ0v) is 9.23. The van der Waals surface area contributed by atoms with Crippen LogP contribution in [0, 0.1) is 5.92 Å². The fourth-order valence-corrected chi connectivity index (χ4v) is 1.30. The molecule has 0 aliphatic carbocycles. The van der Waals surface area contributed by atoms with Crippen molar-refractivity contribution in [1.29, 1.82) is 0 Å². The Hall–Kier alpha value is -1.41. The van der Waals surface area contributed by atoms with Crippen molar-refractivity contribution in [3.05, 3.63) is 12.7 Å². The van der Waals surface area contributed by atoms with Gasteiger partial charge in [-0.25, -0.2) is 9.59 Å². The maximum Gasteiger partial charge on any atom is 0.331 e. The van der Waals surface area contributed by atoms with Crippen LogP contribution >= 0.6 is 0 Å². The van der Waals surface area contributed by atoms with Crippen molar-refractivity contribution in [3.8, 4) is 0 Å². The summed E-state index contributed by atoms with van der Waals surface area (Å²) in [6.45, 7) is 5.62. The van der Waals surface area contributed by atoms with Gasteiger partial charge in [0, 0.05) is 0 Å². The molecule has 1 unspecified atom stereocenters. The smallest absolute Gasteiger partial charge is 0.331 e. The highest BCUT2D eigenvalue weighted by atomic mass is 16.5. The number of aliphatic imine (C=N–C) groups is 1. The van der Waals surface area contributed by atoms with E-state index >= 15 is 0 Å². The van der Waals surface area contributed by atoms with E-state index in [-0.39, 0.29) is 0 Å². The van der Waals surface area contributed by atoms with E-state index in [1.807, 2.05) is 13.0 Å². The number of rotatable bonds is 7. The summed E-state index contributed by atoms with van der Waals surface area (Å²) in [5, 5.41) is 0. The van der Waals surface area contributed by atoms with E-state index < -0.39 is 12.0 Å². The Balaban J connectivity index is 4.21. The third-order valence-corrected chi connectivity index (χ3v) is 2.17. The van der Waals surface area contributed by atoms with E-state index in [9.17, 15) is 9.59 Å². The average molecular weight is 211 g/mol. The zero-order valence-electron chi connectivity index (χ0n) is 9.23. The fourth-order valence-electron chi connectivity index (χ4n) is 1.30. The highest BCUT2D eigenvalue weighted by molar-refractivity contribution is 5.76. The summed E-state index contributed by atoms with van der Waals surface area (Å²) in [4.78, 5) is 24.7. The van der Waals surface area contributed by atoms with Gasteiger partial charge in [-0.1, -0.05) is 13.0 Å². The second kappa shape index (κ2) is 7.94. The Morgan fingerprint density at radius 2 is 2.33 bits per heavy atom. The van der Waals surface area contributed by atoms with E-state index in [4.69, 9.17) is 0 Å². The molecule has 4 heteroatoms. The van der Waals surface area contributed by atoms with E-state index in [2.05, 4.69) is 16.3 Å². The molecule has 0 bridgehead atoms. The lowest BCUT2D eigenvalue weighted by molar-refractivity contribution is -0.142. The molecule has 0 aromatic rings. The van der Waals surface area contributed by atoms with Crippen LogP contribution < -0.4 is 0 Å². The minimum atomic E-state index is -0.715. The number of esters is 1. The number of isocyanates is 1. The molecule has 0 aliphatic rings. The van der Waals surface area contributed by atoms with Crippen LogP contribution in [0.25, 0.3) is 0 Å². The Bertz CT molecular complexity index is 257. The molecule has 0 N–H and O–H groups in total. The Labute approximate surface area is 90.0 Å². The molecule has 0 rings (SSSR count). The van der Waals surface area contributed by atoms with Crippen LogP contribution in [0.15, 0.2) is 17.6 Å². The predicted octanol–water partition coefficient (Wildman–Crippen LogP) is 1.86. The van der Waals surface area contributed by atoms with Gasteiger partial charge < -0.3 is 4.74 Å². The standard InChI is InChI=1S/C11H17NO3/c1-4-5-6-9(2)7-10(12-8-13)11(14)15-3/h4,9-10H,1,5-7H2,2-3H3/t9-,10?/m1/s1. The van der Waals surface area contributed by atoms with Crippen LogP contribution in [0.4, 0.5) is 0 Å². The molecule has 0 aliphatic heterocycles. The molecule has 0 amide bonds. The summed E-state index contributed by atoms with van der Waals surface area (Å²) in [6, 6.07) is -0.715. The van der Waals surface area contributed by atoms with Gasteiger partial charge in [0.15, 0.2) is 6.04 Å². The van der Waals surface area contributed by atoms with Crippen molar-refractivity contribution in [3.63, 3.8) is 0 Å². The number of methoxy groups -OCH3 is 1. The minimum Gasteiger partial charge on any atom is -0.467 e. The molecule has 0 saturated carbocycles. The molecule has 0 spiro atoms. The van der Waals surface area contributed by atoms with Gasteiger partial charge in [-0.15, -0.1) is 6.58 Å². The van der Waals surface area contributed by atoms with E-state index in [0.717, 1.165) is 12.8 Å². The first-order chi connectivity index (χ1) is 7.15. The topological polar surface area (TPSA) is 55.7 Å². The SMILES string of the molecule is C=CCC[C@@H](C)CC(N=C=O)C(=O)OC. The molecule has 2 atom stereocenters. The van der Waals surface area contributed by atoms with Crippen molar-refractivity contribution < 1.29 is 14.3 Å². The van der Waals surface area contributed by atoms with Crippen molar-refractivity contribution in [2.45, 2.75) is 32.2 Å². The molecule has 15 heavy (non-hydrogen) atoms. The molecule has 0 saturated heterocycles. The lowest BCUT2D eigenvalue weighted by atomic mass is 9.97. The normalized spacial score (nSPS) is 13.5. The third kappa shape index (κ3) is 5.81. The summed E-state index contributed by atoms with van der Waals surface area (Å²) >= 11 is 0. The minimum absolute atomic E-state index is 0.296. The Morgan fingerprint density at radius 1 is 1.67 bits per heavy atom. The van der Waals surface area contributed by atoms with Crippen molar-refractivity contribution in [2.24, 2.45) is 10.9 Å². The maximum absolute atomic E-state index is 11.2. The van der Waals surface area contributed by atoms with Crippen molar-refractivity contribution >= 4 is 12.0 Å². The largest absolute Gasteiger partial charge is 0.467 e. The van der Waals surface area contributed by atoms with Crippen molar-refractivity contribution in [2.75, 3.05) is 7.11 Å². The molecule has 0 heterocycles. The Kier molecular flexibility index (Phi) is 7.20. The molecule has 0 aromatic carbocycles. The van der Waals surface area contributed by atoms with E-state index in [1.165, 1.54) is 13.2 Å². The quantitative estimate of drug-likeness (QED) is 0.279. The first-order valence-electron chi connectivity index (χ1n) is 4.91. The number of hydrogen-bond acceptors (Lipinski definition) is 4. The van der Waals surface area contributed by atoms with Crippen LogP contribution in [0.3, 0.4) is 0 Å². The lowest BCUT2D eigenvalue weighted by Gasteiger charge is -2.13.